The normalized spacial score (nSPS) is 12.7. The average Bonchev–Trinajstić information content (AvgIpc) is 2.90. The fourth-order valence-electron chi connectivity index (χ4n) is 5.10. The number of hydrogen-bond acceptors (Lipinski definition) is 4. The second kappa shape index (κ2) is 11.1. The second-order valence-electron chi connectivity index (χ2n) is 9.49. The highest BCUT2D eigenvalue weighted by atomic mass is 16.5. The molecule has 0 bridgehead atoms. The van der Waals surface area contributed by atoms with Crippen LogP contribution in [0.5, 0.6) is 0 Å². The summed E-state index contributed by atoms with van der Waals surface area (Å²) in [5, 5.41) is 17.7. The first-order chi connectivity index (χ1) is 17.2. The molecule has 0 amide bonds. The largest absolute Gasteiger partial charge is 0.392 e. The van der Waals surface area contributed by atoms with Crippen LogP contribution in [0.3, 0.4) is 0 Å². The van der Waals surface area contributed by atoms with E-state index in [0.29, 0.717) is 19.6 Å². The van der Waals surface area contributed by atoms with Crippen LogP contribution in [0.25, 0.3) is 32.3 Å². The monoisotopic (exact) mass is 466 g/mol. The molecule has 0 aliphatic heterocycles. The number of aliphatic hydroxyl groups excluding tert-OH is 1. The highest BCUT2D eigenvalue weighted by molar-refractivity contribution is 6.23. The van der Waals surface area contributed by atoms with Gasteiger partial charge >= 0.3 is 0 Å². The van der Waals surface area contributed by atoms with Gasteiger partial charge in [-0.25, -0.2) is 0 Å². The van der Waals surface area contributed by atoms with Crippen molar-refractivity contribution in [2.24, 2.45) is 5.73 Å². The second-order valence-corrected chi connectivity index (χ2v) is 9.49. The van der Waals surface area contributed by atoms with E-state index in [-0.39, 0.29) is 0 Å². The van der Waals surface area contributed by atoms with Crippen LogP contribution in [-0.4, -0.2) is 29.3 Å². The number of ether oxygens (including phenoxy) is 1. The molecular formula is C31H34N2O2. The van der Waals surface area contributed by atoms with Crippen molar-refractivity contribution in [2.75, 3.05) is 13.2 Å². The predicted octanol–water partition coefficient (Wildman–Crippen LogP) is 6.16. The lowest BCUT2D eigenvalue weighted by Crippen LogP contribution is -2.19. The molecule has 0 radical (unpaired) electrons. The summed E-state index contributed by atoms with van der Waals surface area (Å²) in [6.45, 7) is 1.59. The van der Waals surface area contributed by atoms with Crippen LogP contribution in [0.15, 0.2) is 72.8 Å². The van der Waals surface area contributed by atoms with Gasteiger partial charge in [-0.2, -0.15) is 0 Å². The van der Waals surface area contributed by atoms with Gasteiger partial charge < -0.3 is 15.6 Å². The minimum atomic E-state index is -0.414. The van der Waals surface area contributed by atoms with Crippen molar-refractivity contribution in [2.45, 2.75) is 51.2 Å². The summed E-state index contributed by atoms with van der Waals surface area (Å²) < 4.78 is 5.93. The molecule has 0 aliphatic carbocycles. The number of nitrogens with two attached hydrogens (primary N) is 1. The molecular weight excluding hydrogens is 432 g/mol. The summed E-state index contributed by atoms with van der Waals surface area (Å²) in [4.78, 5) is 4.70. The first-order valence-corrected chi connectivity index (χ1v) is 12.8. The van der Waals surface area contributed by atoms with Crippen LogP contribution in [-0.2, 0) is 24.2 Å². The molecule has 0 aliphatic rings. The Hall–Kier alpha value is -3.05. The summed E-state index contributed by atoms with van der Waals surface area (Å²) in [5.74, 6) is 0. The number of aryl methyl sites for hydroxylation is 2. The number of benzene rings is 4. The lowest BCUT2D eigenvalue weighted by Gasteiger charge is -2.14. The Kier molecular flexibility index (Phi) is 7.53. The van der Waals surface area contributed by atoms with Crippen LogP contribution >= 0.6 is 0 Å². The summed E-state index contributed by atoms with van der Waals surface area (Å²) >= 11 is 0. The van der Waals surface area contributed by atoms with Gasteiger partial charge in [0.15, 0.2) is 0 Å². The maximum Gasteiger partial charge on any atom is 0.0887 e. The molecule has 4 aromatic carbocycles. The average molecular weight is 467 g/mol. The van der Waals surface area contributed by atoms with E-state index in [4.69, 9.17) is 15.5 Å². The minimum absolute atomic E-state index is 0.317. The van der Waals surface area contributed by atoms with E-state index in [0.717, 1.165) is 50.1 Å². The van der Waals surface area contributed by atoms with Crippen molar-refractivity contribution in [3.63, 3.8) is 0 Å². The third kappa shape index (κ3) is 5.46. The Morgan fingerprint density at radius 3 is 2.29 bits per heavy atom. The zero-order chi connectivity index (χ0) is 24.0. The van der Waals surface area contributed by atoms with Crippen LogP contribution in [0.2, 0.25) is 0 Å². The number of aliphatic hydroxyl groups is 1. The minimum Gasteiger partial charge on any atom is -0.392 e. The molecule has 5 rings (SSSR count). The maximum atomic E-state index is 9.60. The Bertz CT molecular complexity index is 1380. The standard InChI is InChI=1S/C31H34N2O2/c32-20-28(34)12-5-10-26-9-4-11-27(33-26)21-35-19-2-1-6-22-13-14-25-16-15-23-7-3-8-24-17-18-29(22)31(25)30(23)24/h3-4,7-9,11,13-18,28,34H,1-2,5-6,10,12,19-21,32H2. The van der Waals surface area contributed by atoms with Gasteiger partial charge in [-0.15, -0.1) is 0 Å². The van der Waals surface area contributed by atoms with Gasteiger partial charge in [0, 0.05) is 18.8 Å². The van der Waals surface area contributed by atoms with Gasteiger partial charge in [0.05, 0.1) is 18.4 Å². The quantitative estimate of drug-likeness (QED) is 0.171. The van der Waals surface area contributed by atoms with Crippen LogP contribution in [0.1, 0.15) is 42.6 Å². The fourth-order valence-corrected chi connectivity index (χ4v) is 5.10. The number of pyridine rings is 1. The highest BCUT2D eigenvalue weighted by Gasteiger charge is 2.10. The van der Waals surface area contributed by atoms with E-state index in [2.05, 4.69) is 54.6 Å². The van der Waals surface area contributed by atoms with E-state index >= 15 is 0 Å². The van der Waals surface area contributed by atoms with E-state index in [1.54, 1.807) is 0 Å². The lowest BCUT2D eigenvalue weighted by atomic mass is 9.91. The van der Waals surface area contributed by atoms with E-state index in [9.17, 15) is 5.11 Å². The third-order valence-electron chi connectivity index (χ3n) is 6.96. The molecule has 0 spiro atoms. The summed E-state index contributed by atoms with van der Waals surface area (Å²) in [7, 11) is 0. The molecule has 0 saturated carbocycles. The maximum absolute atomic E-state index is 9.60. The van der Waals surface area contributed by atoms with E-state index in [1.165, 1.54) is 37.9 Å². The lowest BCUT2D eigenvalue weighted by molar-refractivity contribution is 0.114. The Morgan fingerprint density at radius 2 is 1.46 bits per heavy atom. The van der Waals surface area contributed by atoms with E-state index < -0.39 is 6.10 Å². The Balaban J connectivity index is 1.13. The Morgan fingerprint density at radius 1 is 0.743 bits per heavy atom. The van der Waals surface area contributed by atoms with Crippen LogP contribution < -0.4 is 5.73 Å². The van der Waals surface area contributed by atoms with Crippen molar-refractivity contribution in [1.82, 2.24) is 4.98 Å². The van der Waals surface area contributed by atoms with Crippen molar-refractivity contribution < 1.29 is 9.84 Å². The molecule has 5 aromatic rings. The zero-order valence-electron chi connectivity index (χ0n) is 20.2. The van der Waals surface area contributed by atoms with Gasteiger partial charge in [-0.1, -0.05) is 60.7 Å². The van der Waals surface area contributed by atoms with Gasteiger partial charge in [-0.3, -0.25) is 4.98 Å². The molecule has 4 nitrogen and oxygen atoms in total. The van der Waals surface area contributed by atoms with Gasteiger partial charge in [0.2, 0.25) is 0 Å². The van der Waals surface area contributed by atoms with Crippen LogP contribution in [0.4, 0.5) is 0 Å². The molecule has 0 fully saturated rings. The van der Waals surface area contributed by atoms with Gasteiger partial charge in [-0.05, 0) is 88.5 Å². The molecule has 180 valence electrons. The Labute approximate surface area is 207 Å². The smallest absolute Gasteiger partial charge is 0.0887 e. The SMILES string of the molecule is NCC(O)CCCc1cccc(COCCCCc2ccc3ccc4cccc5ccc2c3c45)n1. The van der Waals surface area contributed by atoms with Crippen molar-refractivity contribution in [3.05, 3.63) is 89.7 Å². The molecule has 0 saturated heterocycles. The zero-order valence-corrected chi connectivity index (χ0v) is 20.2. The molecule has 4 heteroatoms. The van der Waals surface area contributed by atoms with Gasteiger partial charge in [0.1, 0.15) is 0 Å². The number of unbranched alkanes of at least 4 members (excludes halogenated alkanes) is 1. The van der Waals surface area contributed by atoms with Crippen molar-refractivity contribution >= 4 is 32.3 Å². The molecule has 1 aromatic heterocycles. The summed E-state index contributed by atoms with van der Waals surface area (Å²) in [5.41, 5.74) is 8.90. The number of rotatable bonds is 12. The number of hydrogen-bond donors (Lipinski definition) is 2. The predicted molar refractivity (Wildman–Crippen MR) is 145 cm³/mol. The third-order valence-corrected chi connectivity index (χ3v) is 6.96. The molecule has 35 heavy (non-hydrogen) atoms. The molecule has 1 unspecified atom stereocenters. The summed E-state index contributed by atoms with van der Waals surface area (Å²) in [6, 6.07) is 26.3. The first-order valence-electron chi connectivity index (χ1n) is 12.8. The number of aromatic nitrogens is 1. The summed E-state index contributed by atoms with van der Waals surface area (Å²) in [6.07, 6.45) is 5.22. The molecule has 3 N–H and O–H groups in total. The van der Waals surface area contributed by atoms with E-state index in [1.807, 2.05) is 18.2 Å². The topological polar surface area (TPSA) is 68.4 Å². The fraction of sp³-hybridized carbons (Fsp3) is 0.323. The highest BCUT2D eigenvalue weighted by Crippen LogP contribution is 2.36. The molecule has 1 heterocycles. The van der Waals surface area contributed by atoms with Gasteiger partial charge in [0.25, 0.3) is 0 Å². The van der Waals surface area contributed by atoms with Crippen molar-refractivity contribution in [3.8, 4) is 0 Å². The number of nitrogens with zero attached hydrogens (tertiary/aromatic N) is 1. The molecule has 1 atom stereocenters. The van der Waals surface area contributed by atoms with Crippen LogP contribution in [0, 0.1) is 0 Å². The first kappa shape index (κ1) is 23.7. The van der Waals surface area contributed by atoms with Crippen molar-refractivity contribution in [1.29, 1.82) is 0 Å².